The van der Waals surface area contributed by atoms with Gasteiger partial charge in [0.25, 0.3) is 0 Å². The normalized spacial score (nSPS) is 15.4. The summed E-state index contributed by atoms with van der Waals surface area (Å²) in [7, 11) is 0. The maximum Gasteiger partial charge on any atom is 0.344 e. The van der Waals surface area contributed by atoms with Gasteiger partial charge in [-0.15, -0.1) is 0 Å². The topological polar surface area (TPSA) is 94.4 Å². The Morgan fingerprint density at radius 3 is 2.49 bits per heavy atom. The molecule has 0 spiro atoms. The molecule has 0 aliphatic carbocycles. The van der Waals surface area contributed by atoms with E-state index >= 15 is 0 Å². The molecular formula is C27H27BrFNO6S. The molecule has 1 N–H and O–H groups in total. The van der Waals surface area contributed by atoms with Crippen LogP contribution in [0.2, 0.25) is 0 Å². The van der Waals surface area contributed by atoms with Gasteiger partial charge in [0.1, 0.15) is 28.8 Å². The van der Waals surface area contributed by atoms with Crippen LogP contribution in [0.1, 0.15) is 44.7 Å². The van der Waals surface area contributed by atoms with Crippen molar-refractivity contribution >= 4 is 50.7 Å². The van der Waals surface area contributed by atoms with Gasteiger partial charge in [-0.25, -0.2) is 14.2 Å². The lowest BCUT2D eigenvalue weighted by molar-refractivity contribution is -0.138. The fraction of sp³-hybridized carbons (Fsp3) is 0.296. The molecule has 0 radical (unpaired) electrons. The van der Waals surface area contributed by atoms with Gasteiger partial charge in [0.15, 0.2) is 11.5 Å². The molecule has 2 aromatic rings. The third kappa shape index (κ3) is 7.45. The number of aliphatic imine (C=N–C) groups is 1. The highest BCUT2D eigenvalue weighted by molar-refractivity contribution is 9.10. The quantitative estimate of drug-likeness (QED) is 0.305. The second-order valence-corrected chi connectivity index (χ2v) is 9.68. The molecule has 3 rings (SSSR count). The Hall–Kier alpha value is -3.11. The van der Waals surface area contributed by atoms with Crippen LogP contribution in [0, 0.1) is 5.82 Å². The van der Waals surface area contributed by atoms with Crippen LogP contribution in [0.4, 0.5) is 4.39 Å². The van der Waals surface area contributed by atoms with Crippen LogP contribution in [-0.4, -0.2) is 35.2 Å². The SMILES string of the molecule is CCCC(=O)N=C1S/C(=C\c2cc(Br)c(OCc3ccc(F)cc3)c(OCC)c2)C(O)=C1C(=O)OCC. The minimum absolute atomic E-state index is 0.101. The molecule has 1 amide bonds. The number of aliphatic hydroxyl groups is 1. The number of carbonyl (C=O) groups excluding carboxylic acids is 2. The van der Waals surface area contributed by atoms with E-state index in [1.807, 2.05) is 13.8 Å². The first-order valence-electron chi connectivity index (χ1n) is 11.7. The Balaban J connectivity index is 1.95. The fourth-order valence-electron chi connectivity index (χ4n) is 3.34. The second kappa shape index (κ2) is 13.4. The summed E-state index contributed by atoms with van der Waals surface area (Å²) in [6, 6.07) is 9.51. The Labute approximate surface area is 227 Å². The van der Waals surface area contributed by atoms with Crippen LogP contribution >= 0.6 is 27.7 Å². The van der Waals surface area contributed by atoms with E-state index in [4.69, 9.17) is 14.2 Å². The summed E-state index contributed by atoms with van der Waals surface area (Å²) in [4.78, 5) is 29.0. The van der Waals surface area contributed by atoms with Gasteiger partial charge in [-0.05, 0) is 77.7 Å². The summed E-state index contributed by atoms with van der Waals surface area (Å²) in [6.45, 7) is 6.03. The van der Waals surface area contributed by atoms with Gasteiger partial charge < -0.3 is 19.3 Å². The van der Waals surface area contributed by atoms with Crippen LogP contribution in [0.3, 0.4) is 0 Å². The second-order valence-electron chi connectivity index (χ2n) is 7.79. The monoisotopic (exact) mass is 591 g/mol. The van der Waals surface area contributed by atoms with Gasteiger partial charge in [-0.3, -0.25) is 4.79 Å². The number of benzene rings is 2. The molecule has 0 aromatic heterocycles. The van der Waals surface area contributed by atoms with Gasteiger partial charge in [0, 0.05) is 6.42 Å². The predicted octanol–water partition coefficient (Wildman–Crippen LogP) is 6.75. The van der Waals surface area contributed by atoms with Crippen LogP contribution in [0.15, 0.2) is 62.1 Å². The van der Waals surface area contributed by atoms with E-state index < -0.39 is 5.97 Å². The number of ether oxygens (including phenoxy) is 3. The maximum atomic E-state index is 13.2. The van der Waals surface area contributed by atoms with Crippen molar-refractivity contribution in [1.82, 2.24) is 0 Å². The lowest BCUT2D eigenvalue weighted by Crippen LogP contribution is -2.14. The van der Waals surface area contributed by atoms with Crippen LogP contribution in [-0.2, 0) is 20.9 Å². The summed E-state index contributed by atoms with van der Waals surface area (Å²) in [5.74, 6) is -0.850. The number of thioether (sulfide) groups is 1. The Kier molecular flexibility index (Phi) is 10.3. The third-order valence-electron chi connectivity index (χ3n) is 4.99. The van der Waals surface area contributed by atoms with Crippen molar-refractivity contribution in [2.75, 3.05) is 13.2 Å². The first kappa shape index (κ1) is 28.5. The number of amides is 1. The van der Waals surface area contributed by atoms with Crippen molar-refractivity contribution in [3.05, 3.63) is 74.1 Å². The van der Waals surface area contributed by atoms with E-state index in [1.54, 1.807) is 37.3 Å². The summed E-state index contributed by atoms with van der Waals surface area (Å²) >= 11 is 4.53. The average Bonchev–Trinajstić information content (AvgIpc) is 3.14. The van der Waals surface area contributed by atoms with Crippen LogP contribution in [0.5, 0.6) is 11.5 Å². The minimum atomic E-state index is -0.750. The number of aliphatic hydroxyl groups excluding tert-OH is 1. The molecule has 1 aliphatic rings. The molecule has 10 heteroatoms. The summed E-state index contributed by atoms with van der Waals surface area (Å²) in [6.07, 6.45) is 2.49. The van der Waals surface area contributed by atoms with Gasteiger partial charge >= 0.3 is 5.97 Å². The molecule has 1 heterocycles. The van der Waals surface area contributed by atoms with E-state index in [9.17, 15) is 19.1 Å². The predicted molar refractivity (Wildman–Crippen MR) is 145 cm³/mol. The fourth-order valence-corrected chi connectivity index (χ4v) is 4.94. The van der Waals surface area contributed by atoms with Crippen molar-refractivity contribution < 1.29 is 33.3 Å². The first-order valence-corrected chi connectivity index (χ1v) is 13.3. The zero-order valence-corrected chi connectivity index (χ0v) is 23.1. The van der Waals surface area contributed by atoms with Crippen LogP contribution < -0.4 is 9.47 Å². The summed E-state index contributed by atoms with van der Waals surface area (Å²) in [5.41, 5.74) is 1.30. The van der Waals surface area contributed by atoms with Crippen molar-refractivity contribution in [1.29, 1.82) is 0 Å². The van der Waals surface area contributed by atoms with Crippen molar-refractivity contribution in [3.63, 3.8) is 0 Å². The van der Waals surface area contributed by atoms with Crippen molar-refractivity contribution in [3.8, 4) is 11.5 Å². The Bertz CT molecular complexity index is 1260. The van der Waals surface area contributed by atoms with Crippen molar-refractivity contribution in [2.24, 2.45) is 4.99 Å². The number of hydrogen-bond acceptors (Lipinski definition) is 7. The zero-order valence-electron chi connectivity index (χ0n) is 20.7. The average molecular weight is 592 g/mol. The van der Waals surface area contributed by atoms with Gasteiger partial charge in [-0.1, -0.05) is 30.8 Å². The molecule has 2 aromatic carbocycles. The van der Waals surface area contributed by atoms with E-state index in [0.29, 0.717) is 39.5 Å². The number of carbonyl (C=O) groups is 2. The smallest absolute Gasteiger partial charge is 0.344 e. The van der Waals surface area contributed by atoms with E-state index in [-0.39, 0.29) is 47.7 Å². The van der Waals surface area contributed by atoms with E-state index in [2.05, 4.69) is 20.9 Å². The Morgan fingerprint density at radius 1 is 1.11 bits per heavy atom. The molecule has 0 saturated heterocycles. The van der Waals surface area contributed by atoms with Gasteiger partial charge in [0.05, 0.1) is 22.6 Å². The highest BCUT2D eigenvalue weighted by Crippen LogP contribution is 2.42. The molecule has 7 nitrogen and oxygen atoms in total. The molecule has 0 fully saturated rings. The molecule has 0 atom stereocenters. The molecule has 0 bridgehead atoms. The molecule has 1 aliphatic heterocycles. The molecule has 196 valence electrons. The maximum absolute atomic E-state index is 13.2. The molecule has 37 heavy (non-hydrogen) atoms. The standard InChI is InChI=1S/C27H27BrFNO6S/c1-4-7-22(31)30-26-23(27(33)35-6-3)24(32)21(37-26)14-17-12-19(28)25(20(13-17)34-5-2)36-15-16-8-10-18(29)11-9-16/h8-14,32H,4-7,15H2,1-3H3/b21-14-,30-26?. The lowest BCUT2D eigenvalue weighted by atomic mass is 10.1. The molecular weight excluding hydrogens is 565 g/mol. The number of rotatable bonds is 10. The summed E-state index contributed by atoms with van der Waals surface area (Å²) < 4.78 is 30.6. The van der Waals surface area contributed by atoms with Crippen LogP contribution in [0.25, 0.3) is 6.08 Å². The number of hydrogen-bond donors (Lipinski definition) is 1. The third-order valence-corrected chi connectivity index (χ3v) is 6.60. The van der Waals surface area contributed by atoms with Gasteiger partial charge in [-0.2, -0.15) is 0 Å². The minimum Gasteiger partial charge on any atom is -0.506 e. The summed E-state index contributed by atoms with van der Waals surface area (Å²) in [5, 5.41) is 11.0. The van der Waals surface area contributed by atoms with Gasteiger partial charge in [0.2, 0.25) is 5.91 Å². The molecule has 0 saturated carbocycles. The number of esters is 1. The van der Waals surface area contributed by atoms with Crippen molar-refractivity contribution in [2.45, 2.75) is 40.2 Å². The first-order chi connectivity index (χ1) is 17.8. The van der Waals surface area contributed by atoms with E-state index in [0.717, 1.165) is 17.3 Å². The van der Waals surface area contributed by atoms with E-state index in [1.165, 1.54) is 12.1 Å². The highest BCUT2D eigenvalue weighted by Gasteiger charge is 2.33. The molecule has 0 unspecified atom stereocenters. The number of nitrogens with zero attached hydrogens (tertiary/aromatic N) is 1. The zero-order chi connectivity index (χ0) is 26.9. The Morgan fingerprint density at radius 2 is 1.84 bits per heavy atom. The lowest BCUT2D eigenvalue weighted by Gasteiger charge is -2.15. The highest BCUT2D eigenvalue weighted by atomic mass is 79.9. The number of halogens is 2. The largest absolute Gasteiger partial charge is 0.506 e.